The van der Waals surface area contributed by atoms with Crippen molar-refractivity contribution in [2.24, 2.45) is 0 Å². The van der Waals surface area contributed by atoms with Crippen molar-refractivity contribution >= 4 is 15.9 Å². The molecular formula is C22H30N4O4S. The third-order valence-electron chi connectivity index (χ3n) is 6.35. The monoisotopic (exact) mass is 446 g/mol. The Labute approximate surface area is 183 Å². The van der Waals surface area contributed by atoms with Gasteiger partial charge in [0.05, 0.1) is 29.5 Å². The summed E-state index contributed by atoms with van der Waals surface area (Å²) in [5.41, 5.74) is 1.48. The Bertz CT molecular complexity index is 987. The number of rotatable bonds is 5. The predicted octanol–water partition coefficient (Wildman–Crippen LogP) is 3.00. The number of carbonyl (C=O) groups is 1. The van der Waals surface area contributed by atoms with Crippen molar-refractivity contribution < 1.29 is 17.9 Å². The van der Waals surface area contributed by atoms with Crippen molar-refractivity contribution in [3.05, 3.63) is 41.7 Å². The number of hydrogen-bond acceptors (Lipinski definition) is 5. The number of sulfonamides is 1. The first-order chi connectivity index (χ1) is 15.0. The largest absolute Gasteiger partial charge is 0.497 e. The predicted molar refractivity (Wildman–Crippen MR) is 117 cm³/mol. The van der Waals surface area contributed by atoms with Crippen molar-refractivity contribution in [2.45, 2.75) is 49.3 Å². The molecule has 0 spiro atoms. The highest BCUT2D eigenvalue weighted by Gasteiger charge is 2.33. The van der Waals surface area contributed by atoms with E-state index in [9.17, 15) is 13.2 Å². The van der Waals surface area contributed by atoms with Crippen LogP contribution in [-0.4, -0.2) is 67.0 Å². The molecule has 1 amide bonds. The van der Waals surface area contributed by atoms with E-state index < -0.39 is 10.0 Å². The Kier molecular flexibility index (Phi) is 6.62. The summed E-state index contributed by atoms with van der Waals surface area (Å²) in [6.45, 7) is 2.41. The summed E-state index contributed by atoms with van der Waals surface area (Å²) in [5.74, 6) is 0.758. The molecule has 2 saturated heterocycles. The maximum absolute atomic E-state index is 13.1. The number of H-pyrrole nitrogens is 1. The van der Waals surface area contributed by atoms with E-state index in [1.165, 1.54) is 17.1 Å². The Balaban J connectivity index is 1.43. The van der Waals surface area contributed by atoms with Gasteiger partial charge in [0.1, 0.15) is 5.75 Å². The van der Waals surface area contributed by atoms with Crippen LogP contribution in [0.4, 0.5) is 0 Å². The van der Waals surface area contributed by atoms with Gasteiger partial charge in [0.15, 0.2) is 0 Å². The fourth-order valence-corrected chi connectivity index (χ4v) is 5.97. The van der Waals surface area contributed by atoms with Crippen LogP contribution in [0.2, 0.25) is 0 Å². The smallest absolute Gasteiger partial charge is 0.257 e. The molecule has 1 aromatic carbocycles. The van der Waals surface area contributed by atoms with Gasteiger partial charge in [-0.05, 0) is 49.9 Å². The third kappa shape index (κ3) is 4.62. The zero-order valence-electron chi connectivity index (χ0n) is 17.9. The summed E-state index contributed by atoms with van der Waals surface area (Å²) < 4.78 is 32.6. The number of methoxy groups -OCH3 is 1. The van der Waals surface area contributed by atoms with E-state index >= 15 is 0 Å². The molecule has 1 aromatic heterocycles. The summed E-state index contributed by atoms with van der Waals surface area (Å²) >= 11 is 0. The van der Waals surface area contributed by atoms with E-state index in [0.29, 0.717) is 37.2 Å². The van der Waals surface area contributed by atoms with Crippen LogP contribution in [-0.2, 0) is 10.0 Å². The number of amides is 1. The van der Waals surface area contributed by atoms with Crippen LogP contribution in [0.1, 0.15) is 60.5 Å². The molecule has 2 aliphatic heterocycles. The lowest BCUT2D eigenvalue weighted by molar-refractivity contribution is 0.0759. The van der Waals surface area contributed by atoms with Crippen LogP contribution < -0.4 is 4.74 Å². The van der Waals surface area contributed by atoms with Gasteiger partial charge in [-0.1, -0.05) is 12.8 Å². The third-order valence-corrected chi connectivity index (χ3v) is 8.26. The Morgan fingerprint density at radius 3 is 2.29 bits per heavy atom. The molecule has 2 aliphatic rings. The van der Waals surface area contributed by atoms with Gasteiger partial charge in [0.25, 0.3) is 5.91 Å². The first kappa shape index (κ1) is 21.8. The standard InChI is InChI=1S/C22H30N4O4S/c1-30-18-6-8-19(9-7-18)31(28,29)26-14-10-17(11-15-26)21-20(16-23-24-21)22(27)25-12-4-2-3-5-13-25/h6-9,16-17H,2-5,10-15H2,1H3,(H,23,24). The molecule has 2 fully saturated rings. The van der Waals surface area contributed by atoms with Crippen LogP contribution in [0.3, 0.4) is 0 Å². The van der Waals surface area contributed by atoms with Gasteiger partial charge in [-0.3, -0.25) is 9.89 Å². The van der Waals surface area contributed by atoms with E-state index in [-0.39, 0.29) is 16.7 Å². The minimum absolute atomic E-state index is 0.0407. The topological polar surface area (TPSA) is 95.6 Å². The number of aromatic amines is 1. The average molecular weight is 447 g/mol. The SMILES string of the molecule is COc1ccc(S(=O)(=O)N2CCC(c3[nH]ncc3C(=O)N3CCCCCC3)CC2)cc1. The highest BCUT2D eigenvalue weighted by molar-refractivity contribution is 7.89. The summed E-state index contributed by atoms with van der Waals surface area (Å²) in [5, 5.41) is 7.18. The van der Waals surface area contributed by atoms with E-state index in [1.54, 1.807) is 37.6 Å². The van der Waals surface area contributed by atoms with Crippen LogP contribution in [0.5, 0.6) is 5.75 Å². The lowest BCUT2D eigenvalue weighted by Crippen LogP contribution is -2.38. The fraction of sp³-hybridized carbons (Fsp3) is 0.545. The Morgan fingerprint density at radius 1 is 1.03 bits per heavy atom. The van der Waals surface area contributed by atoms with Crippen LogP contribution >= 0.6 is 0 Å². The molecule has 0 unspecified atom stereocenters. The molecule has 4 rings (SSSR count). The normalized spacial score (nSPS) is 19.2. The van der Waals surface area contributed by atoms with E-state index in [2.05, 4.69) is 10.2 Å². The molecule has 1 N–H and O–H groups in total. The molecule has 8 nitrogen and oxygen atoms in total. The number of hydrogen-bond donors (Lipinski definition) is 1. The Morgan fingerprint density at radius 2 is 1.68 bits per heavy atom. The summed E-state index contributed by atoms with van der Waals surface area (Å²) in [6.07, 6.45) is 7.35. The van der Waals surface area contributed by atoms with Gasteiger partial charge in [0, 0.05) is 32.1 Å². The zero-order chi connectivity index (χ0) is 21.8. The van der Waals surface area contributed by atoms with Gasteiger partial charge < -0.3 is 9.64 Å². The number of nitrogens with one attached hydrogen (secondary N) is 1. The number of nitrogens with zero attached hydrogens (tertiary/aromatic N) is 3. The van der Waals surface area contributed by atoms with Gasteiger partial charge in [-0.25, -0.2) is 8.42 Å². The molecule has 31 heavy (non-hydrogen) atoms. The second kappa shape index (κ2) is 9.40. The van der Waals surface area contributed by atoms with E-state index in [0.717, 1.165) is 31.6 Å². The van der Waals surface area contributed by atoms with Crippen LogP contribution in [0, 0.1) is 0 Å². The highest BCUT2D eigenvalue weighted by Crippen LogP contribution is 2.32. The fourth-order valence-electron chi connectivity index (χ4n) is 4.50. The number of carbonyl (C=O) groups excluding carboxylic acids is 1. The summed E-state index contributed by atoms with van der Waals surface area (Å²) in [4.78, 5) is 15.3. The molecule has 9 heteroatoms. The van der Waals surface area contributed by atoms with Crippen molar-refractivity contribution in [2.75, 3.05) is 33.3 Å². The number of likely N-dealkylation sites (tertiary alicyclic amines) is 1. The summed E-state index contributed by atoms with van der Waals surface area (Å²) in [7, 11) is -2.00. The maximum Gasteiger partial charge on any atom is 0.257 e. The second-order valence-corrected chi connectivity index (χ2v) is 10.2. The summed E-state index contributed by atoms with van der Waals surface area (Å²) in [6, 6.07) is 6.47. The van der Waals surface area contributed by atoms with Gasteiger partial charge in [-0.15, -0.1) is 0 Å². The van der Waals surface area contributed by atoms with Crippen molar-refractivity contribution in [3.63, 3.8) is 0 Å². The average Bonchev–Trinajstić information content (AvgIpc) is 3.13. The molecule has 168 valence electrons. The van der Waals surface area contributed by atoms with E-state index in [4.69, 9.17) is 4.74 Å². The maximum atomic E-state index is 13.1. The first-order valence-corrected chi connectivity index (χ1v) is 12.4. The highest BCUT2D eigenvalue weighted by atomic mass is 32.2. The van der Waals surface area contributed by atoms with Gasteiger partial charge in [-0.2, -0.15) is 9.40 Å². The van der Waals surface area contributed by atoms with Crippen molar-refractivity contribution in [1.82, 2.24) is 19.4 Å². The Hall–Kier alpha value is -2.39. The van der Waals surface area contributed by atoms with Crippen LogP contribution in [0.15, 0.2) is 35.4 Å². The van der Waals surface area contributed by atoms with E-state index in [1.807, 2.05) is 4.90 Å². The first-order valence-electron chi connectivity index (χ1n) is 11.0. The molecule has 2 aromatic rings. The second-order valence-electron chi connectivity index (χ2n) is 8.26. The number of ether oxygens (including phenoxy) is 1. The number of benzene rings is 1. The molecule has 0 radical (unpaired) electrons. The van der Waals surface area contributed by atoms with Crippen LogP contribution in [0.25, 0.3) is 0 Å². The minimum Gasteiger partial charge on any atom is -0.497 e. The molecule has 3 heterocycles. The lowest BCUT2D eigenvalue weighted by atomic mass is 9.92. The molecule has 0 saturated carbocycles. The number of piperidine rings is 1. The molecular weight excluding hydrogens is 416 g/mol. The zero-order valence-corrected chi connectivity index (χ0v) is 18.7. The van der Waals surface area contributed by atoms with Crippen molar-refractivity contribution in [3.8, 4) is 5.75 Å². The quantitative estimate of drug-likeness (QED) is 0.762. The van der Waals surface area contributed by atoms with Crippen molar-refractivity contribution in [1.29, 1.82) is 0 Å². The minimum atomic E-state index is -3.55. The molecule has 0 bridgehead atoms. The lowest BCUT2D eigenvalue weighted by Gasteiger charge is -2.31. The van der Waals surface area contributed by atoms with Gasteiger partial charge in [0.2, 0.25) is 10.0 Å². The van der Waals surface area contributed by atoms with Gasteiger partial charge >= 0.3 is 0 Å². The molecule has 0 atom stereocenters. The molecule has 0 aliphatic carbocycles. The number of aromatic nitrogens is 2.